The van der Waals surface area contributed by atoms with E-state index in [1.165, 1.54) is 125 Å². The number of anilines is 4. The van der Waals surface area contributed by atoms with E-state index < -0.39 is 7.87 Å². The number of unbranched alkanes of at least 4 members (excludes halogenated alkanes) is 12. The maximum absolute atomic E-state index is 2.94. The Balaban J connectivity index is 2.16. The maximum Gasteiger partial charge on any atom is 0.405 e. The van der Waals surface area contributed by atoms with Crippen LogP contribution in [0.2, 0.25) is 0 Å². The van der Waals surface area contributed by atoms with Crippen molar-refractivity contribution < 1.29 is 0 Å². The third-order valence-corrected chi connectivity index (χ3v) is 14.7. The molecule has 0 aliphatic heterocycles. The molecule has 0 fully saturated rings. The van der Waals surface area contributed by atoms with Crippen molar-refractivity contribution in [1.82, 2.24) is 0 Å². The van der Waals surface area contributed by atoms with Crippen molar-refractivity contribution in [2.75, 3.05) is 44.9 Å². The van der Waals surface area contributed by atoms with Gasteiger partial charge in [-0.2, -0.15) is 18.7 Å². The zero-order chi connectivity index (χ0) is 37.4. The van der Waals surface area contributed by atoms with Gasteiger partial charge in [0.25, 0.3) is 0 Å². The quantitative estimate of drug-likeness (QED) is 0.0425. The summed E-state index contributed by atoms with van der Waals surface area (Å²) in [6.07, 6.45) is 19.7. The van der Waals surface area contributed by atoms with Crippen LogP contribution in [0.4, 0.5) is 22.7 Å². The highest BCUT2D eigenvalue weighted by Crippen LogP contribution is 2.73. The van der Waals surface area contributed by atoms with Crippen LogP contribution in [-0.2, 0) is 0 Å². The van der Waals surface area contributed by atoms with Crippen molar-refractivity contribution in [3.05, 3.63) is 121 Å². The van der Waals surface area contributed by atoms with Gasteiger partial charge in [0.15, 0.2) is 0 Å². The number of nitrogens with zero attached hydrogens (tertiary/aromatic N) is 4. The minimum atomic E-state index is -2.69. The van der Waals surface area contributed by atoms with Crippen LogP contribution < -0.4 is 18.7 Å². The maximum atomic E-state index is 2.94. The fraction of sp³-hybridized carbons (Fsp3) is 0.500. The molecule has 0 atom stereocenters. The Morgan fingerprint density at radius 3 is 0.679 bits per heavy atom. The summed E-state index contributed by atoms with van der Waals surface area (Å²) in [5, 5.41) is 0. The lowest BCUT2D eigenvalue weighted by atomic mass is 10.2. The van der Waals surface area contributed by atoms with Crippen LogP contribution in [0.5, 0.6) is 0 Å². The van der Waals surface area contributed by atoms with E-state index in [-0.39, 0.29) is 0 Å². The second-order valence-corrected chi connectivity index (χ2v) is 17.6. The zero-order valence-electron chi connectivity index (χ0n) is 33.9. The van der Waals surface area contributed by atoms with Crippen LogP contribution >= 0.6 is 7.87 Å². The number of hydrogen-bond acceptors (Lipinski definition) is 4. The number of rotatable bonds is 28. The van der Waals surface area contributed by atoms with Gasteiger partial charge in [-0.1, -0.05) is 178 Å². The summed E-state index contributed by atoms with van der Waals surface area (Å²) in [5.74, 6) is 0. The largest absolute Gasteiger partial charge is 0.405 e. The first kappa shape index (κ1) is 42.3. The standard InChI is InChI=1S/C48H72N4P/c1-5-9-13-29-41-49(45-33-21-17-22-34-45)53(50(42-30-14-10-6-2)46-35-23-18-24-36-46,51(43-31-15-11-7-3)47-37-25-19-26-38-47)52(44-32-16-12-8-4)48-39-27-20-28-40-48/h17-28,33-40H,5-16,29-32,41-44H2,1-4H3/q+1. The van der Waals surface area contributed by atoms with E-state index in [4.69, 9.17) is 0 Å². The van der Waals surface area contributed by atoms with Gasteiger partial charge >= 0.3 is 7.87 Å². The van der Waals surface area contributed by atoms with E-state index in [9.17, 15) is 0 Å². The summed E-state index contributed by atoms with van der Waals surface area (Å²) in [6, 6.07) is 46.1. The van der Waals surface area contributed by atoms with Gasteiger partial charge in [-0.3, -0.25) is 0 Å². The molecule has 0 N–H and O–H groups in total. The second kappa shape index (κ2) is 24.8. The molecule has 4 aromatic carbocycles. The van der Waals surface area contributed by atoms with Gasteiger partial charge in [0.1, 0.15) is 0 Å². The van der Waals surface area contributed by atoms with Crippen LogP contribution in [0.1, 0.15) is 130 Å². The summed E-state index contributed by atoms with van der Waals surface area (Å²) >= 11 is 0. The molecule has 0 saturated heterocycles. The average Bonchev–Trinajstić information content (AvgIpc) is 3.21. The first-order valence-electron chi connectivity index (χ1n) is 21.4. The van der Waals surface area contributed by atoms with Gasteiger partial charge in [0.2, 0.25) is 0 Å². The molecule has 0 amide bonds. The molecule has 4 nitrogen and oxygen atoms in total. The van der Waals surface area contributed by atoms with Gasteiger partial charge < -0.3 is 0 Å². The Morgan fingerprint density at radius 1 is 0.283 bits per heavy atom. The fourth-order valence-electron chi connectivity index (χ4n) is 7.61. The number of benzene rings is 4. The summed E-state index contributed by atoms with van der Waals surface area (Å²) in [6.45, 7) is 13.4. The highest BCUT2D eigenvalue weighted by atomic mass is 31.2. The van der Waals surface area contributed by atoms with Crippen LogP contribution in [0.15, 0.2) is 121 Å². The molecule has 0 heterocycles. The van der Waals surface area contributed by atoms with E-state index in [0.29, 0.717) is 0 Å². The topological polar surface area (TPSA) is 13.0 Å². The predicted octanol–water partition coefficient (Wildman–Crippen LogP) is 15.0. The van der Waals surface area contributed by atoms with E-state index in [0.717, 1.165) is 26.2 Å². The first-order chi connectivity index (χ1) is 26.2. The number of para-hydroxylation sites is 4. The number of hydrogen-bond donors (Lipinski definition) is 0. The van der Waals surface area contributed by atoms with Gasteiger partial charge in [-0.05, 0) is 74.2 Å². The van der Waals surface area contributed by atoms with E-state index >= 15 is 0 Å². The highest BCUT2D eigenvalue weighted by Gasteiger charge is 2.63. The third kappa shape index (κ3) is 12.3. The van der Waals surface area contributed by atoms with Crippen molar-refractivity contribution in [1.29, 1.82) is 0 Å². The molecule has 0 aromatic heterocycles. The Labute approximate surface area is 326 Å². The van der Waals surface area contributed by atoms with E-state index in [1.54, 1.807) is 0 Å². The van der Waals surface area contributed by atoms with Gasteiger partial charge in [-0.25, -0.2) is 0 Å². The van der Waals surface area contributed by atoms with Gasteiger partial charge in [0, 0.05) is 0 Å². The zero-order valence-corrected chi connectivity index (χ0v) is 34.8. The molecule has 0 aliphatic carbocycles. The molecule has 53 heavy (non-hydrogen) atoms. The predicted molar refractivity (Wildman–Crippen MR) is 239 cm³/mol. The highest BCUT2D eigenvalue weighted by molar-refractivity contribution is 7.81. The summed E-state index contributed by atoms with van der Waals surface area (Å²) in [7, 11) is -2.69. The molecule has 0 spiro atoms. The van der Waals surface area contributed by atoms with E-state index in [2.05, 4.69) is 168 Å². The summed E-state index contributed by atoms with van der Waals surface area (Å²) in [4.78, 5) is 0. The van der Waals surface area contributed by atoms with E-state index in [1.807, 2.05) is 0 Å². The van der Waals surface area contributed by atoms with Crippen molar-refractivity contribution in [3.8, 4) is 0 Å². The lowest BCUT2D eigenvalue weighted by Crippen LogP contribution is -2.55. The minimum Gasteiger partial charge on any atom is -0.190 e. The van der Waals surface area contributed by atoms with Crippen molar-refractivity contribution >= 4 is 30.6 Å². The fourth-order valence-corrected chi connectivity index (χ4v) is 12.6. The molecular weight excluding hydrogens is 664 g/mol. The average molecular weight is 736 g/mol. The van der Waals surface area contributed by atoms with Crippen molar-refractivity contribution in [3.63, 3.8) is 0 Å². The Morgan fingerprint density at radius 2 is 0.491 bits per heavy atom. The van der Waals surface area contributed by atoms with Crippen LogP contribution in [0.25, 0.3) is 0 Å². The lowest BCUT2D eigenvalue weighted by molar-refractivity contribution is 0.649. The van der Waals surface area contributed by atoms with Crippen molar-refractivity contribution in [2.45, 2.75) is 130 Å². The first-order valence-corrected chi connectivity index (χ1v) is 23.0. The molecule has 4 aromatic rings. The third-order valence-electron chi connectivity index (χ3n) is 10.4. The second-order valence-electron chi connectivity index (χ2n) is 14.6. The SMILES string of the molecule is CCCCCCN(c1ccccc1)[P+](N(CCCCCC)c1ccccc1)(N(CCCCCC)c1ccccc1)N(CCCCCC)c1ccccc1. The van der Waals surface area contributed by atoms with Crippen LogP contribution in [0.3, 0.4) is 0 Å². The smallest absolute Gasteiger partial charge is 0.190 e. The summed E-state index contributed by atoms with van der Waals surface area (Å²) < 4.78 is 11.8. The summed E-state index contributed by atoms with van der Waals surface area (Å²) in [5.41, 5.74) is 5.32. The molecule has 0 saturated carbocycles. The molecular formula is C48H72N4P+. The lowest BCUT2D eigenvalue weighted by Gasteiger charge is -2.53. The van der Waals surface area contributed by atoms with Crippen LogP contribution in [0, 0.1) is 0 Å². The van der Waals surface area contributed by atoms with Gasteiger partial charge in [-0.15, -0.1) is 0 Å². The molecule has 4 rings (SSSR count). The molecule has 0 unspecified atom stereocenters. The molecule has 0 radical (unpaired) electrons. The Kier molecular flexibility index (Phi) is 19.7. The normalized spacial score (nSPS) is 11.4. The van der Waals surface area contributed by atoms with Gasteiger partial charge in [0.05, 0.1) is 48.9 Å². The Bertz CT molecular complexity index is 1220. The van der Waals surface area contributed by atoms with Crippen molar-refractivity contribution in [2.24, 2.45) is 0 Å². The molecule has 0 aliphatic rings. The minimum absolute atomic E-state index is 1.01. The molecule has 288 valence electrons. The monoisotopic (exact) mass is 736 g/mol. The van der Waals surface area contributed by atoms with Crippen LogP contribution in [-0.4, -0.2) is 26.2 Å². The molecule has 5 heteroatoms. The molecule has 0 bridgehead atoms. The Hall–Kier alpha value is -3.49.